The molecular formula is C16H14N2O2S. The SMILES string of the molecule is O=C(CCc1nc2ccccc2s1)Nc1ccc(O)cc1. The van der Waals surface area contributed by atoms with E-state index in [1.807, 2.05) is 24.3 Å². The number of amides is 1. The predicted molar refractivity (Wildman–Crippen MR) is 84.7 cm³/mol. The Morgan fingerprint density at radius 3 is 2.67 bits per heavy atom. The van der Waals surface area contributed by atoms with Crippen LogP contribution in [-0.4, -0.2) is 16.0 Å². The number of hydrogen-bond acceptors (Lipinski definition) is 4. The number of aryl methyl sites for hydroxylation is 1. The average Bonchev–Trinajstić information content (AvgIpc) is 2.90. The summed E-state index contributed by atoms with van der Waals surface area (Å²) >= 11 is 1.62. The Labute approximate surface area is 126 Å². The zero-order chi connectivity index (χ0) is 14.7. The van der Waals surface area contributed by atoms with Gasteiger partial charge in [0.15, 0.2) is 0 Å². The Balaban J connectivity index is 1.59. The second-order valence-corrected chi connectivity index (χ2v) is 5.79. The molecule has 1 aromatic heterocycles. The first-order valence-corrected chi connectivity index (χ1v) is 7.46. The molecule has 1 amide bonds. The highest BCUT2D eigenvalue weighted by atomic mass is 32.1. The largest absolute Gasteiger partial charge is 0.508 e. The molecule has 0 spiro atoms. The molecule has 0 fully saturated rings. The molecule has 1 heterocycles. The fourth-order valence-electron chi connectivity index (χ4n) is 2.02. The molecule has 21 heavy (non-hydrogen) atoms. The van der Waals surface area contributed by atoms with Crippen LogP contribution in [0.2, 0.25) is 0 Å². The fraction of sp³-hybridized carbons (Fsp3) is 0.125. The van der Waals surface area contributed by atoms with E-state index in [4.69, 9.17) is 0 Å². The van der Waals surface area contributed by atoms with Gasteiger partial charge in [0.1, 0.15) is 5.75 Å². The van der Waals surface area contributed by atoms with Crippen LogP contribution in [-0.2, 0) is 11.2 Å². The van der Waals surface area contributed by atoms with Crippen LogP contribution in [0.1, 0.15) is 11.4 Å². The number of phenolic OH excluding ortho intramolecular Hbond substituents is 1. The lowest BCUT2D eigenvalue weighted by Gasteiger charge is -2.04. The quantitative estimate of drug-likeness (QED) is 0.724. The summed E-state index contributed by atoms with van der Waals surface area (Å²) in [5.41, 5.74) is 1.67. The number of nitrogens with one attached hydrogen (secondary N) is 1. The number of benzene rings is 2. The number of hydrogen-bond donors (Lipinski definition) is 2. The molecule has 4 nitrogen and oxygen atoms in total. The summed E-state index contributed by atoms with van der Waals surface area (Å²) in [6.07, 6.45) is 1.02. The van der Waals surface area contributed by atoms with Crippen molar-refractivity contribution in [1.29, 1.82) is 0 Å². The first-order valence-electron chi connectivity index (χ1n) is 6.64. The average molecular weight is 298 g/mol. The number of para-hydroxylation sites is 1. The van der Waals surface area contributed by atoms with E-state index in [1.165, 1.54) is 0 Å². The molecule has 0 aliphatic carbocycles. The minimum atomic E-state index is -0.0556. The van der Waals surface area contributed by atoms with E-state index in [1.54, 1.807) is 35.6 Å². The van der Waals surface area contributed by atoms with Crippen molar-refractivity contribution in [3.8, 4) is 5.75 Å². The molecule has 5 heteroatoms. The second-order valence-electron chi connectivity index (χ2n) is 4.67. The van der Waals surface area contributed by atoms with Crippen molar-refractivity contribution in [2.75, 3.05) is 5.32 Å². The maximum absolute atomic E-state index is 11.9. The van der Waals surface area contributed by atoms with E-state index in [0.29, 0.717) is 18.5 Å². The van der Waals surface area contributed by atoms with Crippen LogP contribution >= 0.6 is 11.3 Å². The topological polar surface area (TPSA) is 62.2 Å². The summed E-state index contributed by atoms with van der Waals surface area (Å²) in [4.78, 5) is 16.4. The molecule has 0 bridgehead atoms. The Hall–Kier alpha value is -2.40. The number of carbonyl (C=O) groups excluding carboxylic acids is 1. The predicted octanol–water partition coefficient (Wildman–Crippen LogP) is 3.57. The highest BCUT2D eigenvalue weighted by Crippen LogP contribution is 2.22. The first-order chi connectivity index (χ1) is 10.2. The minimum absolute atomic E-state index is 0.0556. The lowest BCUT2D eigenvalue weighted by Crippen LogP contribution is -2.12. The third kappa shape index (κ3) is 3.38. The van der Waals surface area contributed by atoms with Gasteiger partial charge in [-0.25, -0.2) is 4.98 Å². The van der Waals surface area contributed by atoms with Gasteiger partial charge in [-0.3, -0.25) is 4.79 Å². The van der Waals surface area contributed by atoms with Crippen LogP contribution in [0.4, 0.5) is 5.69 Å². The molecule has 0 aliphatic heterocycles. The van der Waals surface area contributed by atoms with Gasteiger partial charge in [-0.2, -0.15) is 0 Å². The van der Waals surface area contributed by atoms with Gasteiger partial charge in [0.2, 0.25) is 5.91 Å². The number of thiazole rings is 1. The molecular weight excluding hydrogens is 284 g/mol. The van der Waals surface area contributed by atoms with Crippen LogP contribution in [0, 0.1) is 0 Å². The molecule has 0 radical (unpaired) electrons. The van der Waals surface area contributed by atoms with Gasteiger partial charge in [-0.15, -0.1) is 11.3 Å². The maximum Gasteiger partial charge on any atom is 0.224 e. The van der Waals surface area contributed by atoms with Crippen molar-refractivity contribution in [2.45, 2.75) is 12.8 Å². The van der Waals surface area contributed by atoms with Crippen molar-refractivity contribution < 1.29 is 9.90 Å². The Kier molecular flexibility index (Phi) is 3.83. The zero-order valence-electron chi connectivity index (χ0n) is 11.2. The third-order valence-corrected chi connectivity index (χ3v) is 4.15. The van der Waals surface area contributed by atoms with Crippen LogP contribution in [0.5, 0.6) is 5.75 Å². The molecule has 0 saturated carbocycles. The fourth-order valence-corrected chi connectivity index (χ4v) is 2.98. The van der Waals surface area contributed by atoms with Crippen molar-refractivity contribution in [3.05, 3.63) is 53.5 Å². The molecule has 0 atom stereocenters. The number of fused-ring (bicyclic) bond motifs is 1. The van der Waals surface area contributed by atoms with Crippen molar-refractivity contribution in [3.63, 3.8) is 0 Å². The van der Waals surface area contributed by atoms with Crippen LogP contribution in [0.25, 0.3) is 10.2 Å². The van der Waals surface area contributed by atoms with Gasteiger partial charge in [-0.1, -0.05) is 12.1 Å². The number of nitrogens with zero attached hydrogens (tertiary/aromatic N) is 1. The highest BCUT2D eigenvalue weighted by Gasteiger charge is 2.07. The Morgan fingerprint density at radius 1 is 1.14 bits per heavy atom. The molecule has 3 rings (SSSR count). The molecule has 3 aromatic rings. The Morgan fingerprint density at radius 2 is 1.90 bits per heavy atom. The van der Waals surface area contributed by atoms with Crippen LogP contribution in [0.3, 0.4) is 0 Å². The number of phenols is 1. The van der Waals surface area contributed by atoms with Gasteiger partial charge in [0.25, 0.3) is 0 Å². The van der Waals surface area contributed by atoms with Gasteiger partial charge < -0.3 is 10.4 Å². The standard InChI is InChI=1S/C16H14N2O2S/c19-12-7-5-11(6-8-12)17-15(20)9-10-16-18-13-3-1-2-4-14(13)21-16/h1-8,19H,9-10H2,(H,17,20). The van der Waals surface area contributed by atoms with Crippen LogP contribution in [0.15, 0.2) is 48.5 Å². The minimum Gasteiger partial charge on any atom is -0.508 e. The first kappa shape index (κ1) is 13.6. The number of rotatable bonds is 4. The molecule has 0 unspecified atom stereocenters. The van der Waals surface area contributed by atoms with Gasteiger partial charge in [0, 0.05) is 18.5 Å². The summed E-state index contributed by atoms with van der Waals surface area (Å²) in [6, 6.07) is 14.4. The monoisotopic (exact) mass is 298 g/mol. The Bertz CT molecular complexity index is 732. The van der Waals surface area contributed by atoms with Crippen molar-refractivity contribution in [1.82, 2.24) is 4.98 Å². The third-order valence-electron chi connectivity index (χ3n) is 3.06. The normalized spacial score (nSPS) is 10.7. The molecule has 2 N–H and O–H groups in total. The van der Waals surface area contributed by atoms with Crippen LogP contribution < -0.4 is 5.32 Å². The molecule has 0 aliphatic rings. The van der Waals surface area contributed by atoms with Crippen molar-refractivity contribution in [2.24, 2.45) is 0 Å². The number of aromatic nitrogens is 1. The van der Waals surface area contributed by atoms with E-state index in [2.05, 4.69) is 10.3 Å². The van der Waals surface area contributed by atoms with Crippen molar-refractivity contribution >= 4 is 33.1 Å². The van der Waals surface area contributed by atoms with Gasteiger partial charge >= 0.3 is 0 Å². The van der Waals surface area contributed by atoms with E-state index in [-0.39, 0.29) is 11.7 Å². The number of carbonyl (C=O) groups is 1. The summed E-state index contributed by atoms with van der Waals surface area (Å²) in [5, 5.41) is 13.0. The lowest BCUT2D eigenvalue weighted by molar-refractivity contribution is -0.116. The summed E-state index contributed by atoms with van der Waals surface area (Å²) < 4.78 is 1.14. The summed E-state index contributed by atoms with van der Waals surface area (Å²) in [5.74, 6) is 0.127. The number of anilines is 1. The van der Waals surface area contributed by atoms with E-state index in [0.717, 1.165) is 15.2 Å². The summed E-state index contributed by atoms with van der Waals surface area (Å²) in [7, 11) is 0. The summed E-state index contributed by atoms with van der Waals surface area (Å²) in [6.45, 7) is 0. The van der Waals surface area contributed by atoms with Gasteiger partial charge in [-0.05, 0) is 36.4 Å². The molecule has 0 saturated heterocycles. The van der Waals surface area contributed by atoms with E-state index < -0.39 is 0 Å². The van der Waals surface area contributed by atoms with E-state index in [9.17, 15) is 9.90 Å². The lowest BCUT2D eigenvalue weighted by atomic mass is 10.2. The zero-order valence-corrected chi connectivity index (χ0v) is 12.1. The molecule has 106 valence electrons. The second kappa shape index (κ2) is 5.93. The maximum atomic E-state index is 11.9. The highest BCUT2D eigenvalue weighted by molar-refractivity contribution is 7.18. The smallest absolute Gasteiger partial charge is 0.224 e. The number of aromatic hydroxyl groups is 1. The molecule has 2 aromatic carbocycles. The van der Waals surface area contributed by atoms with E-state index >= 15 is 0 Å². The van der Waals surface area contributed by atoms with Gasteiger partial charge in [0.05, 0.1) is 15.2 Å².